The smallest absolute Gasteiger partial charge is 0.307 e. The summed E-state index contributed by atoms with van der Waals surface area (Å²) in [6, 6.07) is 16.6. The molecular formula is C28H30N6O3. The Balaban J connectivity index is 1.54. The lowest BCUT2D eigenvalue weighted by Gasteiger charge is -2.22. The zero-order valence-electron chi connectivity index (χ0n) is 21.0. The van der Waals surface area contributed by atoms with Crippen LogP contribution >= 0.6 is 0 Å². The maximum absolute atomic E-state index is 13.5. The molecule has 9 nitrogen and oxygen atoms in total. The molecule has 0 saturated heterocycles. The predicted octanol–water partition coefficient (Wildman–Crippen LogP) is 3.64. The highest BCUT2D eigenvalue weighted by Crippen LogP contribution is 2.22. The normalized spacial score (nSPS) is 10.9. The second kappa shape index (κ2) is 11.5. The number of nitrogens with one attached hydrogen (secondary N) is 1. The first-order valence-electron chi connectivity index (χ1n) is 12.1. The van der Waals surface area contributed by atoms with E-state index in [1.165, 1.54) is 0 Å². The van der Waals surface area contributed by atoms with Gasteiger partial charge in [0.1, 0.15) is 11.7 Å². The average molecular weight is 499 g/mol. The van der Waals surface area contributed by atoms with E-state index in [1.54, 1.807) is 48.5 Å². The minimum absolute atomic E-state index is 0.0511. The molecular weight excluding hydrogens is 468 g/mol. The molecule has 2 aromatic heterocycles. The van der Waals surface area contributed by atoms with E-state index in [-0.39, 0.29) is 30.7 Å². The number of esters is 1. The maximum Gasteiger partial charge on any atom is 0.307 e. The Kier molecular flexibility index (Phi) is 7.92. The summed E-state index contributed by atoms with van der Waals surface area (Å²) in [5.74, 6) is 0.360. The topological polar surface area (TPSA) is 127 Å². The number of ether oxygens (including phenoxy) is 1. The molecule has 9 heteroatoms. The number of nitrogens with two attached hydrogens (primary N) is 1. The standard InChI is InChI=1S/C28H30N6O3/c1-3-37-26(35)14-16-34(22-5-4-15-31-18-22)28(36)21-11-12-24-23(17-21)32-25(33(24)2)13-8-19-6-9-20(10-7-19)27(29)30/h4-7,9-12,15,17-18H,3,8,13-14,16H2,1-2H3,(H3,29,30). The number of fused-ring (bicyclic) bond motifs is 1. The highest BCUT2D eigenvalue weighted by atomic mass is 16.5. The highest BCUT2D eigenvalue weighted by molar-refractivity contribution is 6.07. The molecule has 2 heterocycles. The summed E-state index contributed by atoms with van der Waals surface area (Å²) in [7, 11) is 1.96. The maximum atomic E-state index is 13.5. The fourth-order valence-electron chi connectivity index (χ4n) is 4.17. The number of carbonyl (C=O) groups is 2. The summed E-state index contributed by atoms with van der Waals surface area (Å²) >= 11 is 0. The summed E-state index contributed by atoms with van der Waals surface area (Å²) in [6.45, 7) is 2.22. The molecule has 37 heavy (non-hydrogen) atoms. The van der Waals surface area contributed by atoms with Crippen molar-refractivity contribution in [2.45, 2.75) is 26.2 Å². The van der Waals surface area contributed by atoms with Crippen LogP contribution in [0.3, 0.4) is 0 Å². The summed E-state index contributed by atoms with van der Waals surface area (Å²) in [4.78, 5) is 36.0. The van der Waals surface area contributed by atoms with Gasteiger partial charge in [-0.25, -0.2) is 4.98 Å². The molecule has 0 aliphatic rings. The Morgan fingerprint density at radius 2 is 1.84 bits per heavy atom. The molecule has 4 rings (SSSR count). The molecule has 1 amide bonds. The number of imidazole rings is 1. The van der Waals surface area contributed by atoms with Crippen LogP contribution < -0.4 is 10.6 Å². The van der Waals surface area contributed by atoms with Gasteiger partial charge in [-0.1, -0.05) is 24.3 Å². The average Bonchev–Trinajstić information content (AvgIpc) is 3.23. The fourth-order valence-corrected chi connectivity index (χ4v) is 4.17. The van der Waals surface area contributed by atoms with Gasteiger partial charge < -0.3 is 19.9 Å². The number of nitrogens with zero attached hydrogens (tertiary/aromatic N) is 4. The van der Waals surface area contributed by atoms with Crippen LogP contribution in [0.5, 0.6) is 0 Å². The lowest BCUT2D eigenvalue weighted by molar-refractivity contribution is -0.142. The quantitative estimate of drug-likeness (QED) is 0.195. The SMILES string of the molecule is CCOC(=O)CCN(C(=O)c1ccc2c(c1)nc(CCc1ccc(C(=N)N)cc1)n2C)c1cccnc1. The van der Waals surface area contributed by atoms with Gasteiger partial charge in [0.15, 0.2) is 0 Å². The molecule has 0 saturated carbocycles. The van der Waals surface area contributed by atoms with Gasteiger partial charge in [-0.3, -0.25) is 20.0 Å². The number of hydrogen-bond donors (Lipinski definition) is 2. The molecule has 0 aliphatic heterocycles. The number of pyridine rings is 1. The number of benzene rings is 2. The van der Waals surface area contributed by atoms with Gasteiger partial charge in [0, 0.05) is 37.3 Å². The third-order valence-corrected chi connectivity index (χ3v) is 6.17. The van der Waals surface area contributed by atoms with Crippen molar-refractivity contribution in [3.63, 3.8) is 0 Å². The van der Waals surface area contributed by atoms with Crippen LogP contribution in [0.1, 0.15) is 40.7 Å². The fraction of sp³-hybridized carbons (Fsp3) is 0.250. The summed E-state index contributed by atoms with van der Waals surface area (Å²) in [5.41, 5.74) is 10.1. The Bertz CT molecular complexity index is 1410. The monoisotopic (exact) mass is 498 g/mol. The molecule has 0 aliphatic carbocycles. The lowest BCUT2D eigenvalue weighted by Crippen LogP contribution is -2.33. The van der Waals surface area contributed by atoms with E-state index in [4.69, 9.17) is 20.9 Å². The van der Waals surface area contributed by atoms with E-state index in [2.05, 4.69) is 4.98 Å². The van der Waals surface area contributed by atoms with Crippen LogP contribution in [-0.4, -0.2) is 45.4 Å². The molecule has 2 aromatic carbocycles. The molecule has 0 bridgehead atoms. The van der Waals surface area contributed by atoms with Gasteiger partial charge in [-0.05, 0) is 49.2 Å². The van der Waals surface area contributed by atoms with E-state index < -0.39 is 0 Å². The molecule has 3 N–H and O–H groups in total. The zero-order chi connectivity index (χ0) is 26.4. The van der Waals surface area contributed by atoms with Crippen LogP contribution in [0.4, 0.5) is 5.69 Å². The van der Waals surface area contributed by atoms with E-state index in [9.17, 15) is 9.59 Å². The largest absolute Gasteiger partial charge is 0.466 e. The minimum atomic E-state index is -0.357. The number of hydrogen-bond acceptors (Lipinski definition) is 6. The Morgan fingerprint density at radius 1 is 1.08 bits per heavy atom. The molecule has 190 valence electrons. The number of anilines is 1. The first-order valence-corrected chi connectivity index (χ1v) is 12.1. The summed E-state index contributed by atoms with van der Waals surface area (Å²) < 4.78 is 7.07. The first-order chi connectivity index (χ1) is 17.9. The molecule has 0 fully saturated rings. The first kappa shape index (κ1) is 25.6. The number of nitrogen functional groups attached to an aromatic ring is 1. The third-order valence-electron chi connectivity index (χ3n) is 6.17. The van der Waals surface area contributed by atoms with E-state index in [0.717, 1.165) is 35.3 Å². The molecule has 4 aromatic rings. The van der Waals surface area contributed by atoms with Crippen LogP contribution in [0, 0.1) is 5.41 Å². The number of aromatic nitrogens is 3. The summed E-state index contributed by atoms with van der Waals surface area (Å²) in [6.07, 6.45) is 4.82. The van der Waals surface area contributed by atoms with Gasteiger partial charge in [0.2, 0.25) is 0 Å². The van der Waals surface area contributed by atoms with Gasteiger partial charge in [-0.15, -0.1) is 0 Å². The van der Waals surface area contributed by atoms with Crippen molar-refractivity contribution in [1.29, 1.82) is 5.41 Å². The predicted molar refractivity (Wildman–Crippen MR) is 143 cm³/mol. The molecule has 0 unspecified atom stereocenters. The van der Waals surface area contributed by atoms with E-state index >= 15 is 0 Å². The molecule has 0 atom stereocenters. The second-order valence-corrected chi connectivity index (χ2v) is 8.62. The lowest BCUT2D eigenvalue weighted by atomic mass is 10.1. The minimum Gasteiger partial charge on any atom is -0.466 e. The van der Waals surface area contributed by atoms with Crippen molar-refractivity contribution in [2.75, 3.05) is 18.1 Å². The van der Waals surface area contributed by atoms with Crippen LogP contribution in [0.15, 0.2) is 67.0 Å². The van der Waals surface area contributed by atoms with E-state index in [0.29, 0.717) is 23.4 Å². The Morgan fingerprint density at radius 3 is 2.51 bits per heavy atom. The van der Waals surface area contributed by atoms with Gasteiger partial charge in [0.05, 0.1) is 35.9 Å². The zero-order valence-corrected chi connectivity index (χ0v) is 21.0. The van der Waals surface area contributed by atoms with Crippen molar-refractivity contribution in [1.82, 2.24) is 14.5 Å². The number of rotatable bonds is 10. The summed E-state index contributed by atoms with van der Waals surface area (Å²) in [5, 5.41) is 7.53. The van der Waals surface area contributed by atoms with Crippen molar-refractivity contribution >= 4 is 34.4 Å². The van der Waals surface area contributed by atoms with Crippen molar-refractivity contribution < 1.29 is 14.3 Å². The van der Waals surface area contributed by atoms with Crippen LogP contribution in [-0.2, 0) is 29.4 Å². The van der Waals surface area contributed by atoms with Crippen LogP contribution in [0.25, 0.3) is 11.0 Å². The number of amides is 1. The third kappa shape index (κ3) is 6.00. The van der Waals surface area contributed by atoms with Crippen molar-refractivity contribution in [3.05, 3.63) is 89.5 Å². The number of carbonyl (C=O) groups excluding carboxylic acids is 2. The number of amidine groups is 1. The second-order valence-electron chi connectivity index (χ2n) is 8.62. The Labute approximate surface area is 215 Å². The van der Waals surface area contributed by atoms with Gasteiger partial charge in [-0.2, -0.15) is 0 Å². The molecule has 0 radical (unpaired) electrons. The molecule has 0 spiro atoms. The number of aryl methyl sites for hydroxylation is 3. The Hall–Kier alpha value is -4.53. The van der Waals surface area contributed by atoms with Crippen molar-refractivity contribution in [2.24, 2.45) is 12.8 Å². The van der Waals surface area contributed by atoms with Gasteiger partial charge >= 0.3 is 5.97 Å². The van der Waals surface area contributed by atoms with E-state index in [1.807, 2.05) is 41.9 Å². The van der Waals surface area contributed by atoms with Gasteiger partial charge in [0.25, 0.3) is 5.91 Å². The highest BCUT2D eigenvalue weighted by Gasteiger charge is 2.21. The van der Waals surface area contributed by atoms with Crippen LogP contribution in [0.2, 0.25) is 0 Å². The van der Waals surface area contributed by atoms with Crippen molar-refractivity contribution in [3.8, 4) is 0 Å².